The van der Waals surface area contributed by atoms with Gasteiger partial charge in [-0.2, -0.15) is 12.7 Å². The van der Waals surface area contributed by atoms with Gasteiger partial charge in [-0.15, -0.1) is 0 Å². The third-order valence-electron chi connectivity index (χ3n) is 3.42. The summed E-state index contributed by atoms with van der Waals surface area (Å²) in [7, 11) is -3.64. The number of nitrogens with zero attached hydrogens (tertiary/aromatic N) is 2. The fraction of sp³-hybridized carbons (Fsp3) is 0.250. The quantitative estimate of drug-likeness (QED) is 0.919. The van der Waals surface area contributed by atoms with E-state index in [0.29, 0.717) is 11.6 Å². The van der Waals surface area contributed by atoms with Gasteiger partial charge < -0.3 is 0 Å². The van der Waals surface area contributed by atoms with Gasteiger partial charge in [0.1, 0.15) is 0 Å². The fourth-order valence-corrected chi connectivity index (χ4v) is 3.52. The van der Waals surface area contributed by atoms with Gasteiger partial charge in [0.25, 0.3) is 10.2 Å². The van der Waals surface area contributed by atoms with Crippen molar-refractivity contribution < 1.29 is 8.42 Å². The molecule has 1 aromatic heterocycles. The number of fused-ring (bicyclic) bond motifs is 1. The predicted octanol–water partition coefficient (Wildman–Crippen LogP) is 1.84. The van der Waals surface area contributed by atoms with Gasteiger partial charge in [-0.25, -0.2) is 5.14 Å². The first-order valence-corrected chi connectivity index (χ1v) is 7.67. The molecule has 0 spiro atoms. The molecular formula is C12H12ClN3O2S. The van der Waals surface area contributed by atoms with E-state index in [1.54, 1.807) is 12.4 Å². The topological polar surface area (TPSA) is 76.3 Å². The smallest absolute Gasteiger partial charge is 0.263 e. The molecule has 1 saturated heterocycles. The minimum Gasteiger partial charge on any atom is -0.263 e. The number of hydrogen-bond acceptors (Lipinski definition) is 3. The molecule has 0 bridgehead atoms. The van der Waals surface area contributed by atoms with Crippen LogP contribution in [-0.2, 0) is 10.2 Å². The molecule has 2 heterocycles. The molecular weight excluding hydrogens is 286 g/mol. The molecule has 1 aromatic carbocycles. The number of benzene rings is 1. The third-order valence-corrected chi connectivity index (χ3v) is 4.81. The summed E-state index contributed by atoms with van der Waals surface area (Å²) in [6.07, 6.45) is 4.07. The van der Waals surface area contributed by atoms with Crippen molar-refractivity contribution in [3.05, 3.63) is 41.2 Å². The molecule has 19 heavy (non-hydrogen) atoms. The fourth-order valence-electron chi connectivity index (χ4n) is 2.35. The summed E-state index contributed by atoms with van der Waals surface area (Å²) in [4.78, 5) is 4.02. The van der Waals surface area contributed by atoms with Crippen molar-refractivity contribution in [1.82, 2.24) is 9.29 Å². The van der Waals surface area contributed by atoms with Gasteiger partial charge in [-0.3, -0.25) is 4.98 Å². The first-order valence-electron chi connectivity index (χ1n) is 5.79. The van der Waals surface area contributed by atoms with Gasteiger partial charge in [0.2, 0.25) is 0 Å². The molecule has 1 aliphatic heterocycles. The van der Waals surface area contributed by atoms with Crippen LogP contribution in [0.4, 0.5) is 0 Å². The van der Waals surface area contributed by atoms with Crippen molar-refractivity contribution in [2.24, 2.45) is 5.14 Å². The van der Waals surface area contributed by atoms with E-state index in [1.807, 2.05) is 18.2 Å². The lowest BCUT2D eigenvalue weighted by atomic mass is 9.96. The second-order valence-electron chi connectivity index (χ2n) is 4.56. The zero-order valence-corrected chi connectivity index (χ0v) is 11.5. The summed E-state index contributed by atoms with van der Waals surface area (Å²) in [6.45, 7) is 0.464. The molecule has 5 nitrogen and oxygen atoms in total. The zero-order valence-electron chi connectivity index (χ0n) is 9.95. The average molecular weight is 298 g/mol. The van der Waals surface area contributed by atoms with Crippen molar-refractivity contribution >= 4 is 32.6 Å². The number of pyridine rings is 1. The average Bonchev–Trinajstić information content (AvgIpc) is 2.26. The Labute approximate surface area is 116 Å². The number of halogens is 1. The highest BCUT2D eigenvalue weighted by Crippen LogP contribution is 2.36. The zero-order chi connectivity index (χ0) is 13.6. The molecule has 2 aromatic rings. The van der Waals surface area contributed by atoms with Gasteiger partial charge in [0.15, 0.2) is 0 Å². The summed E-state index contributed by atoms with van der Waals surface area (Å²) >= 11 is 6.10. The molecule has 100 valence electrons. The molecule has 0 radical (unpaired) electrons. The highest BCUT2D eigenvalue weighted by atomic mass is 35.5. The number of hydrogen-bond donors (Lipinski definition) is 1. The standard InChI is InChI=1S/C12H12ClN3O2S/c13-11-7-15-6-9-2-1-8(5-10(9)11)12-3-4-16(12)19(14,17)18/h1-2,5-7,12H,3-4H2,(H2,14,17,18). The van der Waals surface area contributed by atoms with Gasteiger partial charge in [-0.05, 0) is 18.1 Å². The van der Waals surface area contributed by atoms with Crippen LogP contribution in [0, 0.1) is 0 Å². The first kappa shape index (κ1) is 12.8. The van der Waals surface area contributed by atoms with Crippen LogP contribution in [0.25, 0.3) is 10.8 Å². The lowest BCUT2D eigenvalue weighted by Gasteiger charge is -2.38. The van der Waals surface area contributed by atoms with Crippen LogP contribution >= 0.6 is 11.6 Å². The highest BCUT2D eigenvalue weighted by Gasteiger charge is 2.36. The van der Waals surface area contributed by atoms with E-state index in [9.17, 15) is 8.42 Å². The molecule has 3 rings (SSSR count). The molecule has 2 N–H and O–H groups in total. The van der Waals surface area contributed by atoms with Gasteiger partial charge in [-0.1, -0.05) is 23.7 Å². The van der Waals surface area contributed by atoms with Crippen LogP contribution in [0.1, 0.15) is 18.0 Å². The molecule has 1 unspecified atom stereocenters. The second-order valence-corrected chi connectivity index (χ2v) is 6.47. The largest absolute Gasteiger partial charge is 0.277 e. The Morgan fingerprint density at radius 2 is 2.16 bits per heavy atom. The molecule has 1 fully saturated rings. The van der Waals surface area contributed by atoms with Crippen LogP contribution in [0.5, 0.6) is 0 Å². The maximum atomic E-state index is 11.4. The highest BCUT2D eigenvalue weighted by molar-refractivity contribution is 7.86. The van der Waals surface area contributed by atoms with Gasteiger partial charge in [0.05, 0.1) is 11.1 Å². The molecule has 0 aliphatic carbocycles. The summed E-state index contributed by atoms with van der Waals surface area (Å²) in [5, 5.41) is 7.53. The van der Waals surface area contributed by atoms with E-state index >= 15 is 0 Å². The van der Waals surface area contributed by atoms with Gasteiger partial charge in [0, 0.05) is 29.7 Å². The van der Waals surface area contributed by atoms with Crippen LogP contribution < -0.4 is 5.14 Å². The number of rotatable bonds is 2. The Bertz CT molecular complexity index is 748. The number of aromatic nitrogens is 1. The van der Waals surface area contributed by atoms with E-state index in [-0.39, 0.29) is 6.04 Å². The van der Waals surface area contributed by atoms with Crippen molar-refractivity contribution in [2.45, 2.75) is 12.5 Å². The summed E-state index contributed by atoms with van der Waals surface area (Å²) in [6, 6.07) is 5.50. The Kier molecular flexibility index (Phi) is 2.98. The summed E-state index contributed by atoms with van der Waals surface area (Å²) < 4.78 is 24.1. The number of nitrogens with two attached hydrogens (primary N) is 1. The van der Waals surface area contributed by atoms with Crippen molar-refractivity contribution in [2.75, 3.05) is 6.54 Å². The summed E-state index contributed by atoms with van der Waals surface area (Å²) in [5.74, 6) is 0. The molecule has 1 atom stereocenters. The minimum absolute atomic E-state index is 0.191. The lowest BCUT2D eigenvalue weighted by molar-refractivity contribution is 0.202. The molecule has 1 aliphatic rings. The van der Waals surface area contributed by atoms with E-state index in [4.69, 9.17) is 16.7 Å². The van der Waals surface area contributed by atoms with Crippen LogP contribution in [0.15, 0.2) is 30.6 Å². The normalized spacial score (nSPS) is 20.4. The summed E-state index contributed by atoms with van der Waals surface area (Å²) in [5.41, 5.74) is 0.904. The van der Waals surface area contributed by atoms with E-state index in [1.165, 1.54) is 4.31 Å². The van der Waals surface area contributed by atoms with Gasteiger partial charge >= 0.3 is 0 Å². The monoisotopic (exact) mass is 297 g/mol. The molecule has 0 saturated carbocycles. The maximum absolute atomic E-state index is 11.4. The van der Waals surface area contributed by atoms with Crippen LogP contribution in [0.2, 0.25) is 5.02 Å². The minimum atomic E-state index is -3.64. The van der Waals surface area contributed by atoms with Crippen LogP contribution in [0.3, 0.4) is 0 Å². The molecule has 0 amide bonds. The van der Waals surface area contributed by atoms with Crippen molar-refractivity contribution in [1.29, 1.82) is 0 Å². The van der Waals surface area contributed by atoms with E-state index < -0.39 is 10.2 Å². The van der Waals surface area contributed by atoms with E-state index in [2.05, 4.69) is 4.98 Å². The molecule has 7 heteroatoms. The SMILES string of the molecule is NS(=O)(=O)N1CCC1c1ccc2cncc(Cl)c2c1. The van der Waals surface area contributed by atoms with E-state index in [0.717, 1.165) is 22.8 Å². The second kappa shape index (κ2) is 4.42. The Morgan fingerprint density at radius 1 is 1.37 bits per heavy atom. The lowest BCUT2D eigenvalue weighted by Crippen LogP contribution is -2.48. The maximum Gasteiger partial charge on any atom is 0.277 e. The predicted molar refractivity (Wildman–Crippen MR) is 73.9 cm³/mol. The Morgan fingerprint density at radius 3 is 2.79 bits per heavy atom. The first-order chi connectivity index (χ1) is 8.97. The van der Waals surface area contributed by atoms with Crippen molar-refractivity contribution in [3.8, 4) is 0 Å². The Balaban J connectivity index is 2.05. The van der Waals surface area contributed by atoms with Crippen molar-refractivity contribution in [3.63, 3.8) is 0 Å². The van der Waals surface area contributed by atoms with Crippen LogP contribution in [-0.4, -0.2) is 24.3 Å². The third kappa shape index (κ3) is 2.21. The Hall–Kier alpha value is -1.21.